The summed E-state index contributed by atoms with van der Waals surface area (Å²) in [6.45, 7) is 8.71. The van der Waals surface area contributed by atoms with E-state index in [0.29, 0.717) is 12.6 Å². The number of nitrogens with zero attached hydrogens (tertiary/aromatic N) is 5. The third-order valence-electron chi connectivity index (χ3n) is 5.18. The molecule has 2 heterocycles. The molecule has 0 radical (unpaired) electrons. The van der Waals surface area contributed by atoms with Gasteiger partial charge in [-0.1, -0.05) is 31.2 Å². The van der Waals surface area contributed by atoms with Gasteiger partial charge in [0.05, 0.1) is 0 Å². The fourth-order valence-corrected chi connectivity index (χ4v) is 3.53. The van der Waals surface area contributed by atoms with Gasteiger partial charge in [-0.2, -0.15) is 5.10 Å². The number of guanidine groups is 1. The second-order valence-corrected chi connectivity index (χ2v) is 6.93. The highest BCUT2D eigenvalue weighted by Crippen LogP contribution is 2.21. The first-order valence-corrected chi connectivity index (χ1v) is 9.87. The molecule has 0 fully saturated rings. The van der Waals surface area contributed by atoms with Gasteiger partial charge in [0, 0.05) is 39.3 Å². The normalized spacial score (nSPS) is 16.0. The average Bonchev–Trinajstić information content (AvgIpc) is 3.11. The molecule has 146 valence electrons. The van der Waals surface area contributed by atoms with Crippen molar-refractivity contribution in [3.63, 3.8) is 0 Å². The Morgan fingerprint density at radius 3 is 2.74 bits per heavy atom. The Morgan fingerprint density at radius 1 is 1.22 bits per heavy atom. The lowest BCUT2D eigenvalue weighted by Crippen LogP contribution is -2.48. The number of hydrogen-bond acceptors (Lipinski definition) is 4. The molecule has 1 aromatic carbocycles. The van der Waals surface area contributed by atoms with Crippen molar-refractivity contribution in [2.45, 2.75) is 45.8 Å². The molecule has 0 saturated carbocycles. The summed E-state index contributed by atoms with van der Waals surface area (Å²) in [5.74, 6) is 1.68. The molecule has 7 heteroatoms. The maximum Gasteiger partial charge on any atom is 0.191 e. The van der Waals surface area contributed by atoms with Crippen LogP contribution in [0.3, 0.4) is 0 Å². The van der Waals surface area contributed by atoms with Gasteiger partial charge >= 0.3 is 0 Å². The van der Waals surface area contributed by atoms with Crippen molar-refractivity contribution in [3.8, 4) is 0 Å². The van der Waals surface area contributed by atoms with Gasteiger partial charge in [-0.15, -0.1) is 0 Å². The minimum atomic E-state index is 0.483. The van der Waals surface area contributed by atoms with Crippen LogP contribution in [0.2, 0.25) is 0 Å². The van der Waals surface area contributed by atoms with E-state index in [1.807, 2.05) is 7.05 Å². The second kappa shape index (κ2) is 9.50. The van der Waals surface area contributed by atoms with Crippen molar-refractivity contribution in [1.29, 1.82) is 0 Å². The summed E-state index contributed by atoms with van der Waals surface area (Å²) in [4.78, 5) is 11.5. The Morgan fingerprint density at radius 2 is 2.04 bits per heavy atom. The molecule has 1 aliphatic rings. The SMILES string of the molecule is CCNC(=NCc1ncnn1C)NCC(CC)N1CCc2ccccc2C1. The highest BCUT2D eigenvalue weighted by molar-refractivity contribution is 5.79. The largest absolute Gasteiger partial charge is 0.357 e. The molecule has 0 saturated heterocycles. The lowest BCUT2D eigenvalue weighted by atomic mass is 9.98. The topological polar surface area (TPSA) is 70.4 Å². The van der Waals surface area contributed by atoms with Gasteiger partial charge in [0.25, 0.3) is 0 Å². The average molecular weight is 370 g/mol. The van der Waals surface area contributed by atoms with Crippen molar-refractivity contribution in [1.82, 2.24) is 30.3 Å². The van der Waals surface area contributed by atoms with Crippen molar-refractivity contribution in [3.05, 3.63) is 47.5 Å². The van der Waals surface area contributed by atoms with E-state index in [9.17, 15) is 0 Å². The summed E-state index contributed by atoms with van der Waals surface area (Å²) < 4.78 is 1.76. The van der Waals surface area contributed by atoms with Gasteiger partial charge in [-0.25, -0.2) is 9.98 Å². The summed E-state index contributed by atoms with van der Waals surface area (Å²) in [6.07, 6.45) is 3.80. The van der Waals surface area contributed by atoms with Gasteiger partial charge in [-0.3, -0.25) is 9.58 Å². The molecule has 7 nitrogen and oxygen atoms in total. The van der Waals surface area contributed by atoms with E-state index in [2.05, 4.69) is 68.7 Å². The third kappa shape index (κ3) is 5.07. The zero-order chi connectivity index (χ0) is 19.1. The van der Waals surface area contributed by atoms with Gasteiger partial charge < -0.3 is 10.6 Å². The third-order valence-corrected chi connectivity index (χ3v) is 5.18. The number of nitrogens with one attached hydrogen (secondary N) is 2. The van der Waals surface area contributed by atoms with Crippen LogP contribution in [0.4, 0.5) is 0 Å². The van der Waals surface area contributed by atoms with Crippen LogP contribution in [-0.2, 0) is 26.6 Å². The van der Waals surface area contributed by atoms with Crippen molar-refractivity contribution >= 4 is 5.96 Å². The highest BCUT2D eigenvalue weighted by Gasteiger charge is 2.22. The molecule has 0 spiro atoms. The van der Waals surface area contributed by atoms with Gasteiger partial charge in [0.15, 0.2) is 5.96 Å². The van der Waals surface area contributed by atoms with E-state index in [4.69, 9.17) is 0 Å². The number of fused-ring (bicyclic) bond motifs is 1. The molecule has 1 atom stereocenters. The molecule has 1 unspecified atom stereocenters. The Hall–Kier alpha value is -2.41. The molecule has 1 aliphatic heterocycles. The first kappa shape index (κ1) is 19.4. The van der Waals surface area contributed by atoms with E-state index in [1.165, 1.54) is 11.1 Å². The van der Waals surface area contributed by atoms with E-state index >= 15 is 0 Å². The van der Waals surface area contributed by atoms with E-state index in [-0.39, 0.29) is 0 Å². The maximum absolute atomic E-state index is 4.66. The predicted octanol–water partition coefficient (Wildman–Crippen LogP) is 1.71. The number of aryl methyl sites for hydroxylation is 1. The lowest BCUT2D eigenvalue weighted by molar-refractivity contribution is 0.174. The Kier molecular flexibility index (Phi) is 6.81. The highest BCUT2D eigenvalue weighted by atomic mass is 15.3. The van der Waals surface area contributed by atoms with Crippen LogP contribution in [-0.4, -0.2) is 51.3 Å². The fraction of sp³-hybridized carbons (Fsp3) is 0.550. The zero-order valence-electron chi connectivity index (χ0n) is 16.6. The monoisotopic (exact) mass is 369 g/mol. The minimum Gasteiger partial charge on any atom is -0.357 e. The lowest BCUT2D eigenvalue weighted by Gasteiger charge is -2.35. The molecular weight excluding hydrogens is 338 g/mol. The van der Waals surface area contributed by atoms with Crippen LogP contribution < -0.4 is 10.6 Å². The Labute approximate surface area is 161 Å². The van der Waals surface area contributed by atoms with E-state index in [1.54, 1.807) is 11.0 Å². The van der Waals surface area contributed by atoms with E-state index in [0.717, 1.165) is 50.8 Å². The number of aromatic nitrogens is 3. The number of rotatable bonds is 7. The summed E-state index contributed by atoms with van der Waals surface area (Å²) in [7, 11) is 1.89. The molecule has 0 aliphatic carbocycles. The number of benzene rings is 1. The smallest absolute Gasteiger partial charge is 0.191 e. The summed E-state index contributed by atoms with van der Waals surface area (Å²) in [6, 6.07) is 9.28. The first-order valence-electron chi connectivity index (χ1n) is 9.87. The van der Waals surface area contributed by atoms with Crippen LogP contribution in [0, 0.1) is 0 Å². The molecule has 2 aromatic rings. The molecular formula is C20H31N7. The minimum absolute atomic E-state index is 0.483. The van der Waals surface area contributed by atoms with Crippen LogP contribution in [0.25, 0.3) is 0 Å². The second-order valence-electron chi connectivity index (χ2n) is 6.93. The van der Waals surface area contributed by atoms with Gasteiger partial charge in [-0.05, 0) is 30.9 Å². The van der Waals surface area contributed by atoms with Crippen molar-refractivity contribution in [2.75, 3.05) is 19.6 Å². The number of aliphatic imine (C=N–C) groups is 1. The van der Waals surface area contributed by atoms with Gasteiger partial charge in [0.1, 0.15) is 18.7 Å². The molecule has 0 bridgehead atoms. The van der Waals surface area contributed by atoms with Crippen molar-refractivity contribution < 1.29 is 0 Å². The Balaban J connectivity index is 1.59. The molecule has 0 amide bonds. The maximum atomic E-state index is 4.66. The zero-order valence-corrected chi connectivity index (χ0v) is 16.6. The fourth-order valence-electron chi connectivity index (χ4n) is 3.53. The van der Waals surface area contributed by atoms with Crippen molar-refractivity contribution in [2.24, 2.45) is 12.0 Å². The standard InChI is InChI=1S/C20H31N7/c1-4-18(27-11-10-16-8-6-7-9-17(16)14-27)12-22-20(21-5-2)23-13-19-24-15-25-26(19)3/h6-9,15,18H,4-5,10-14H2,1-3H3,(H2,21,22,23). The van der Waals surface area contributed by atoms with Crippen LogP contribution in [0.15, 0.2) is 35.6 Å². The quantitative estimate of drug-likeness (QED) is 0.574. The summed E-state index contributed by atoms with van der Waals surface area (Å²) >= 11 is 0. The van der Waals surface area contributed by atoms with Gasteiger partial charge in [0.2, 0.25) is 0 Å². The summed E-state index contributed by atoms with van der Waals surface area (Å²) in [5.41, 5.74) is 2.96. The Bertz CT molecular complexity index is 752. The molecule has 3 rings (SSSR count). The van der Waals surface area contributed by atoms with Crippen LogP contribution in [0.5, 0.6) is 0 Å². The number of hydrogen-bond donors (Lipinski definition) is 2. The van der Waals surface area contributed by atoms with E-state index < -0.39 is 0 Å². The predicted molar refractivity (Wildman–Crippen MR) is 108 cm³/mol. The van der Waals surface area contributed by atoms with Crippen LogP contribution in [0.1, 0.15) is 37.2 Å². The summed E-state index contributed by atoms with van der Waals surface area (Å²) in [5, 5.41) is 10.9. The first-order chi connectivity index (χ1) is 13.2. The molecule has 2 N–H and O–H groups in total. The molecule has 27 heavy (non-hydrogen) atoms. The van der Waals surface area contributed by atoms with Crippen LogP contribution >= 0.6 is 0 Å². The molecule has 1 aromatic heterocycles.